The molecule has 0 radical (unpaired) electrons. The van der Waals surface area contributed by atoms with Gasteiger partial charge in [-0.3, -0.25) is 4.79 Å². The number of aromatic nitrogens is 2. The fraction of sp³-hybridized carbons (Fsp3) is 0.263. The number of hydrogen-bond donors (Lipinski definition) is 1. The first-order chi connectivity index (χ1) is 12.0. The van der Waals surface area contributed by atoms with Crippen LogP contribution in [-0.4, -0.2) is 15.7 Å². The zero-order valence-electron chi connectivity index (χ0n) is 14.0. The zero-order chi connectivity index (χ0) is 17.6. The molecule has 1 amide bonds. The Morgan fingerprint density at radius 2 is 2.00 bits per heavy atom. The number of hydrogen-bond acceptors (Lipinski definition) is 3. The third-order valence-electron chi connectivity index (χ3n) is 4.43. The Hall–Kier alpha value is -2.53. The first kappa shape index (κ1) is 16.0. The predicted molar refractivity (Wildman–Crippen MR) is 96.9 cm³/mol. The summed E-state index contributed by atoms with van der Waals surface area (Å²) in [6.07, 6.45) is 2.17. The number of nitrogens with one attached hydrogen (secondary N) is 1. The summed E-state index contributed by atoms with van der Waals surface area (Å²) in [4.78, 5) is 12.2. The van der Waals surface area contributed by atoms with Crippen LogP contribution in [0.3, 0.4) is 0 Å². The monoisotopic (exact) mass is 355 g/mol. The molecule has 25 heavy (non-hydrogen) atoms. The van der Waals surface area contributed by atoms with Gasteiger partial charge < -0.3 is 9.73 Å². The van der Waals surface area contributed by atoms with Crippen LogP contribution in [0.5, 0.6) is 0 Å². The van der Waals surface area contributed by atoms with Gasteiger partial charge in [-0.1, -0.05) is 11.6 Å². The Bertz CT molecular complexity index is 925. The molecule has 0 saturated carbocycles. The van der Waals surface area contributed by atoms with Crippen molar-refractivity contribution in [2.75, 3.05) is 5.32 Å². The van der Waals surface area contributed by atoms with E-state index in [1.54, 1.807) is 0 Å². The molecule has 3 aromatic rings. The number of benzene rings is 1. The van der Waals surface area contributed by atoms with E-state index in [9.17, 15) is 4.79 Å². The lowest BCUT2D eigenvalue weighted by Crippen LogP contribution is -2.25. The van der Waals surface area contributed by atoms with Crippen LogP contribution < -0.4 is 5.32 Å². The number of halogens is 1. The number of carbonyl (C=O) groups is 1. The third-order valence-corrected chi connectivity index (χ3v) is 4.69. The van der Waals surface area contributed by atoms with Crippen LogP contribution in [0, 0.1) is 0 Å². The second kappa shape index (κ2) is 6.08. The van der Waals surface area contributed by atoms with Gasteiger partial charge in [-0.25, -0.2) is 4.68 Å². The molecule has 0 bridgehead atoms. The van der Waals surface area contributed by atoms with Gasteiger partial charge in [0.05, 0.1) is 12.1 Å². The molecule has 1 aliphatic rings. The lowest BCUT2D eigenvalue weighted by molar-refractivity contribution is -0.116. The molecule has 6 heteroatoms. The van der Waals surface area contributed by atoms with Crippen molar-refractivity contribution in [3.8, 4) is 11.3 Å². The van der Waals surface area contributed by atoms with Crippen molar-refractivity contribution < 1.29 is 9.21 Å². The second-order valence-corrected chi connectivity index (χ2v) is 6.94. The van der Waals surface area contributed by atoms with Crippen molar-refractivity contribution in [2.24, 2.45) is 0 Å². The standard InChI is InChI=1S/C19H18ClN3O2/c1-11(2)23-19-15(10-21-23)14(9-18(24)22-19)17-8-7-16(25-17)12-3-5-13(20)6-4-12/h3-8,10-11,14H,9H2,1-2H3,(H,22,24)/t14-/m0/s1. The van der Waals surface area contributed by atoms with Crippen LogP contribution in [-0.2, 0) is 4.79 Å². The molecule has 0 saturated heterocycles. The minimum atomic E-state index is -0.127. The van der Waals surface area contributed by atoms with Gasteiger partial charge in [-0.05, 0) is 50.2 Å². The molecule has 4 rings (SSSR count). The molecule has 0 spiro atoms. The summed E-state index contributed by atoms with van der Waals surface area (Å²) in [7, 11) is 0. The molecule has 128 valence electrons. The minimum Gasteiger partial charge on any atom is -0.460 e. The van der Waals surface area contributed by atoms with Crippen LogP contribution in [0.4, 0.5) is 5.82 Å². The highest BCUT2D eigenvalue weighted by Crippen LogP contribution is 2.39. The number of rotatable bonds is 3. The average Bonchev–Trinajstić information content (AvgIpc) is 3.21. The van der Waals surface area contributed by atoms with Crippen molar-refractivity contribution in [3.05, 3.63) is 58.9 Å². The molecular formula is C19H18ClN3O2. The van der Waals surface area contributed by atoms with Crippen LogP contribution in [0.2, 0.25) is 5.02 Å². The van der Waals surface area contributed by atoms with E-state index in [4.69, 9.17) is 16.0 Å². The summed E-state index contributed by atoms with van der Waals surface area (Å²) in [5.41, 5.74) is 1.94. The molecule has 5 nitrogen and oxygen atoms in total. The summed E-state index contributed by atoms with van der Waals surface area (Å²) < 4.78 is 7.90. The van der Waals surface area contributed by atoms with E-state index in [1.165, 1.54) is 0 Å². The molecule has 1 aliphatic heterocycles. The normalized spacial score (nSPS) is 16.8. The van der Waals surface area contributed by atoms with Crippen molar-refractivity contribution >= 4 is 23.3 Å². The van der Waals surface area contributed by atoms with Crippen molar-refractivity contribution in [2.45, 2.75) is 32.2 Å². The summed E-state index contributed by atoms with van der Waals surface area (Å²) in [5.74, 6) is 2.14. The molecule has 0 aliphatic carbocycles. The van der Waals surface area contributed by atoms with Gasteiger partial charge in [-0.15, -0.1) is 0 Å². The van der Waals surface area contributed by atoms with Crippen molar-refractivity contribution in [1.29, 1.82) is 0 Å². The molecule has 0 unspecified atom stereocenters. The second-order valence-electron chi connectivity index (χ2n) is 6.50. The maximum atomic E-state index is 12.2. The highest BCUT2D eigenvalue weighted by Gasteiger charge is 2.32. The fourth-order valence-electron chi connectivity index (χ4n) is 3.19. The lowest BCUT2D eigenvalue weighted by Gasteiger charge is -2.23. The Balaban J connectivity index is 1.71. The Labute approximate surface area is 150 Å². The van der Waals surface area contributed by atoms with Crippen molar-refractivity contribution in [3.63, 3.8) is 0 Å². The predicted octanol–water partition coefficient (Wildman–Crippen LogP) is 4.85. The number of nitrogens with zero attached hydrogens (tertiary/aromatic N) is 2. The first-order valence-electron chi connectivity index (χ1n) is 8.26. The lowest BCUT2D eigenvalue weighted by atomic mass is 9.92. The van der Waals surface area contributed by atoms with Gasteiger partial charge in [0, 0.05) is 28.6 Å². The quantitative estimate of drug-likeness (QED) is 0.730. The topological polar surface area (TPSA) is 60.1 Å². The summed E-state index contributed by atoms with van der Waals surface area (Å²) in [5, 5.41) is 8.05. The molecule has 1 N–H and O–H groups in total. The minimum absolute atomic E-state index is 0.0238. The van der Waals surface area contributed by atoms with E-state index < -0.39 is 0 Å². The fourth-order valence-corrected chi connectivity index (χ4v) is 3.32. The third kappa shape index (κ3) is 2.85. The first-order valence-corrected chi connectivity index (χ1v) is 8.63. The maximum Gasteiger partial charge on any atom is 0.226 e. The Kier molecular flexibility index (Phi) is 3.88. The Morgan fingerprint density at radius 3 is 2.72 bits per heavy atom. The molecule has 3 heterocycles. The van der Waals surface area contributed by atoms with Gasteiger partial charge in [0.25, 0.3) is 0 Å². The van der Waals surface area contributed by atoms with Gasteiger partial charge in [-0.2, -0.15) is 5.10 Å². The van der Waals surface area contributed by atoms with Crippen molar-refractivity contribution in [1.82, 2.24) is 9.78 Å². The van der Waals surface area contributed by atoms with E-state index in [1.807, 2.05) is 61.1 Å². The van der Waals surface area contributed by atoms with E-state index in [-0.39, 0.29) is 17.9 Å². The smallest absolute Gasteiger partial charge is 0.226 e. The van der Waals surface area contributed by atoms with Gasteiger partial charge in [0.1, 0.15) is 17.3 Å². The summed E-state index contributed by atoms with van der Waals surface area (Å²) in [6, 6.07) is 11.5. The average molecular weight is 356 g/mol. The van der Waals surface area contributed by atoms with Crippen LogP contribution >= 0.6 is 11.6 Å². The molecule has 1 aromatic carbocycles. The molecule has 1 atom stereocenters. The van der Waals surface area contributed by atoms with Crippen LogP contribution in [0.15, 0.2) is 47.0 Å². The largest absolute Gasteiger partial charge is 0.460 e. The van der Waals surface area contributed by atoms with Crippen LogP contribution in [0.1, 0.15) is 43.6 Å². The number of amides is 1. The highest BCUT2D eigenvalue weighted by atomic mass is 35.5. The van der Waals surface area contributed by atoms with Crippen LogP contribution in [0.25, 0.3) is 11.3 Å². The maximum absolute atomic E-state index is 12.2. The number of anilines is 1. The molecule has 2 aromatic heterocycles. The van der Waals surface area contributed by atoms with E-state index in [2.05, 4.69) is 10.4 Å². The molecular weight excluding hydrogens is 338 g/mol. The van der Waals surface area contributed by atoms with E-state index >= 15 is 0 Å². The highest BCUT2D eigenvalue weighted by molar-refractivity contribution is 6.30. The zero-order valence-corrected chi connectivity index (χ0v) is 14.7. The van der Waals surface area contributed by atoms with Gasteiger partial charge in [0.2, 0.25) is 5.91 Å². The molecule has 0 fully saturated rings. The summed E-state index contributed by atoms with van der Waals surface area (Å²) in [6.45, 7) is 4.07. The summed E-state index contributed by atoms with van der Waals surface area (Å²) >= 11 is 5.94. The number of furan rings is 1. The Morgan fingerprint density at radius 1 is 1.24 bits per heavy atom. The number of carbonyl (C=O) groups excluding carboxylic acids is 1. The van der Waals surface area contributed by atoms with E-state index in [0.717, 1.165) is 28.5 Å². The van der Waals surface area contributed by atoms with Gasteiger partial charge >= 0.3 is 0 Å². The SMILES string of the molecule is CC(C)n1ncc2c1NC(=O)C[C@@H]2c1ccc(-c2ccc(Cl)cc2)o1. The van der Waals surface area contributed by atoms with Gasteiger partial charge in [0.15, 0.2) is 0 Å². The number of fused-ring (bicyclic) bond motifs is 1. The van der Waals surface area contributed by atoms with E-state index in [0.29, 0.717) is 11.4 Å².